The lowest BCUT2D eigenvalue weighted by molar-refractivity contribution is 0.0590. The number of hydrogen-bond donors (Lipinski definition) is 0. The maximum Gasteiger partial charge on any atom is 0.257 e. The molecule has 0 N–H and O–H groups in total. The molecular formula is C28H29ClN2O3. The van der Waals surface area contributed by atoms with E-state index in [9.17, 15) is 9.59 Å². The maximum absolute atomic E-state index is 13.7. The fourth-order valence-corrected chi connectivity index (χ4v) is 4.47. The van der Waals surface area contributed by atoms with Crippen molar-refractivity contribution < 1.29 is 14.3 Å². The first-order valence-electron chi connectivity index (χ1n) is 11.6. The Balaban J connectivity index is 1.69. The minimum atomic E-state index is -0.214. The number of rotatable bonds is 3. The highest BCUT2D eigenvalue weighted by molar-refractivity contribution is 6.30. The van der Waals surface area contributed by atoms with Crippen molar-refractivity contribution in [1.29, 1.82) is 0 Å². The number of carbonyl (C=O) groups excluding carboxylic acids is 2. The van der Waals surface area contributed by atoms with Crippen LogP contribution in [0, 0.1) is 0 Å². The molecule has 0 aliphatic carbocycles. The largest absolute Gasteiger partial charge is 0.491 e. The van der Waals surface area contributed by atoms with Gasteiger partial charge in [-0.25, -0.2) is 0 Å². The summed E-state index contributed by atoms with van der Waals surface area (Å²) in [6, 6.07) is 24.3. The summed E-state index contributed by atoms with van der Waals surface area (Å²) in [6.07, 6.45) is 2.21. The van der Waals surface area contributed by atoms with Crippen molar-refractivity contribution in [2.45, 2.75) is 25.3 Å². The molecule has 0 unspecified atom stereocenters. The first-order chi connectivity index (χ1) is 16.5. The van der Waals surface area contributed by atoms with Crippen LogP contribution in [0.2, 0.25) is 5.02 Å². The smallest absolute Gasteiger partial charge is 0.257 e. The molecule has 4 rings (SSSR count). The molecular weight excluding hydrogens is 448 g/mol. The number of fused-ring (bicyclic) bond motifs is 1. The van der Waals surface area contributed by atoms with E-state index < -0.39 is 0 Å². The fraction of sp³-hybridized carbons (Fsp3) is 0.286. The average molecular weight is 477 g/mol. The Labute approximate surface area is 205 Å². The minimum Gasteiger partial charge on any atom is -0.491 e. The summed E-state index contributed by atoms with van der Waals surface area (Å²) in [5.74, 6) is 0.414. The van der Waals surface area contributed by atoms with Crippen LogP contribution in [-0.4, -0.2) is 54.4 Å². The van der Waals surface area contributed by atoms with Gasteiger partial charge in [0.15, 0.2) is 0 Å². The standard InChI is InChI=1S/C28H29ClN2O3/c1-30-16-7-8-17-31(27(32)22-12-9-13-23(29)19-22)24(18-21-10-3-2-4-11-21)20-34-26-15-6-5-14-25(26)28(30)33/h2-6,9-15,19,24H,7-8,16-18,20H2,1H3/t24-/m1/s1. The highest BCUT2D eigenvalue weighted by Crippen LogP contribution is 2.23. The van der Waals surface area contributed by atoms with E-state index in [1.165, 1.54) is 0 Å². The van der Waals surface area contributed by atoms with E-state index >= 15 is 0 Å². The highest BCUT2D eigenvalue weighted by Gasteiger charge is 2.27. The molecule has 0 saturated heterocycles. The number of halogens is 1. The Morgan fingerprint density at radius 2 is 1.71 bits per heavy atom. The lowest BCUT2D eigenvalue weighted by Gasteiger charge is -2.33. The summed E-state index contributed by atoms with van der Waals surface area (Å²) < 4.78 is 6.24. The van der Waals surface area contributed by atoms with Crippen molar-refractivity contribution in [3.8, 4) is 5.75 Å². The van der Waals surface area contributed by atoms with Crippen LogP contribution in [0.3, 0.4) is 0 Å². The number of ether oxygens (including phenoxy) is 1. The van der Waals surface area contributed by atoms with E-state index in [-0.39, 0.29) is 24.5 Å². The summed E-state index contributed by atoms with van der Waals surface area (Å²) in [5.41, 5.74) is 2.22. The second kappa shape index (κ2) is 11.2. The molecule has 0 saturated carbocycles. The van der Waals surface area contributed by atoms with Gasteiger partial charge in [-0.1, -0.05) is 60.1 Å². The molecule has 34 heavy (non-hydrogen) atoms. The van der Waals surface area contributed by atoms with Crippen LogP contribution in [-0.2, 0) is 6.42 Å². The quantitative estimate of drug-likeness (QED) is 0.512. The zero-order valence-electron chi connectivity index (χ0n) is 19.3. The predicted molar refractivity (Wildman–Crippen MR) is 135 cm³/mol. The topological polar surface area (TPSA) is 49.9 Å². The third-order valence-electron chi connectivity index (χ3n) is 6.13. The van der Waals surface area contributed by atoms with Crippen LogP contribution in [0.5, 0.6) is 5.75 Å². The number of nitrogens with zero attached hydrogens (tertiary/aromatic N) is 2. The Morgan fingerprint density at radius 3 is 2.50 bits per heavy atom. The van der Waals surface area contributed by atoms with E-state index in [4.69, 9.17) is 16.3 Å². The molecule has 0 radical (unpaired) electrons. The van der Waals surface area contributed by atoms with E-state index in [1.807, 2.05) is 41.3 Å². The fourth-order valence-electron chi connectivity index (χ4n) is 4.28. The van der Waals surface area contributed by atoms with Crippen LogP contribution in [0.15, 0.2) is 78.9 Å². The Hall–Kier alpha value is -3.31. The SMILES string of the molecule is CN1CCCCN(C(=O)c2cccc(Cl)c2)[C@H](Cc2ccccc2)COc2ccccc2C1=O. The molecule has 5 nitrogen and oxygen atoms in total. The van der Waals surface area contributed by atoms with E-state index in [1.54, 1.807) is 42.3 Å². The van der Waals surface area contributed by atoms with Crippen molar-refractivity contribution in [3.05, 3.63) is 101 Å². The van der Waals surface area contributed by atoms with Crippen LogP contribution in [0.4, 0.5) is 0 Å². The third-order valence-corrected chi connectivity index (χ3v) is 6.36. The van der Waals surface area contributed by atoms with Gasteiger partial charge >= 0.3 is 0 Å². The number of benzene rings is 3. The van der Waals surface area contributed by atoms with Crippen LogP contribution >= 0.6 is 11.6 Å². The molecule has 3 aromatic carbocycles. The molecule has 3 aromatic rings. The Kier molecular flexibility index (Phi) is 7.86. The van der Waals surface area contributed by atoms with E-state index in [0.717, 1.165) is 18.4 Å². The summed E-state index contributed by atoms with van der Waals surface area (Å²) >= 11 is 6.19. The van der Waals surface area contributed by atoms with Crippen molar-refractivity contribution in [3.63, 3.8) is 0 Å². The first kappa shape index (κ1) is 23.8. The molecule has 0 spiro atoms. The van der Waals surface area contributed by atoms with Crippen molar-refractivity contribution in [1.82, 2.24) is 9.80 Å². The number of para-hydroxylation sites is 1. The normalized spacial score (nSPS) is 17.2. The second-order valence-corrected chi connectivity index (χ2v) is 9.03. The lowest BCUT2D eigenvalue weighted by atomic mass is 10.0. The number of carbonyl (C=O) groups is 2. The van der Waals surface area contributed by atoms with E-state index in [0.29, 0.717) is 41.4 Å². The van der Waals surface area contributed by atoms with Gasteiger partial charge in [-0.2, -0.15) is 0 Å². The molecule has 1 atom stereocenters. The monoisotopic (exact) mass is 476 g/mol. The maximum atomic E-state index is 13.7. The molecule has 0 bridgehead atoms. The molecule has 1 aliphatic rings. The Morgan fingerprint density at radius 1 is 0.971 bits per heavy atom. The van der Waals surface area contributed by atoms with Crippen molar-refractivity contribution in [2.24, 2.45) is 0 Å². The van der Waals surface area contributed by atoms with Crippen LogP contribution in [0.1, 0.15) is 39.1 Å². The summed E-state index contributed by atoms with van der Waals surface area (Å²) in [6.45, 7) is 1.45. The average Bonchev–Trinajstić information content (AvgIpc) is 2.86. The van der Waals surface area contributed by atoms with Gasteiger partial charge in [0, 0.05) is 30.7 Å². The molecule has 2 amide bonds. The Bertz CT molecular complexity index is 1140. The molecule has 0 aromatic heterocycles. The third kappa shape index (κ3) is 5.78. The van der Waals surface area contributed by atoms with Gasteiger partial charge < -0.3 is 14.5 Å². The van der Waals surface area contributed by atoms with Gasteiger partial charge in [-0.3, -0.25) is 9.59 Å². The molecule has 1 aliphatic heterocycles. The molecule has 0 fully saturated rings. The van der Waals surface area contributed by atoms with Gasteiger partial charge in [0.05, 0.1) is 11.6 Å². The number of hydrogen-bond acceptors (Lipinski definition) is 3. The molecule has 1 heterocycles. The van der Waals surface area contributed by atoms with Crippen molar-refractivity contribution in [2.75, 3.05) is 26.7 Å². The van der Waals surface area contributed by atoms with Gasteiger partial charge in [-0.15, -0.1) is 0 Å². The van der Waals surface area contributed by atoms with Gasteiger partial charge in [-0.05, 0) is 55.2 Å². The first-order valence-corrected chi connectivity index (χ1v) is 12.0. The van der Waals surface area contributed by atoms with Gasteiger partial charge in [0.25, 0.3) is 11.8 Å². The minimum absolute atomic E-state index is 0.0531. The lowest BCUT2D eigenvalue weighted by Crippen LogP contribution is -2.46. The number of amides is 2. The van der Waals surface area contributed by atoms with Crippen molar-refractivity contribution >= 4 is 23.4 Å². The summed E-state index contributed by atoms with van der Waals surface area (Å²) in [7, 11) is 1.80. The highest BCUT2D eigenvalue weighted by atomic mass is 35.5. The molecule has 6 heteroatoms. The van der Waals surface area contributed by atoms with E-state index in [2.05, 4.69) is 12.1 Å². The second-order valence-electron chi connectivity index (χ2n) is 8.59. The zero-order chi connectivity index (χ0) is 23.9. The van der Waals surface area contributed by atoms with Gasteiger partial charge in [0.1, 0.15) is 12.4 Å². The summed E-state index contributed by atoms with van der Waals surface area (Å²) in [4.78, 5) is 30.3. The summed E-state index contributed by atoms with van der Waals surface area (Å²) in [5, 5.41) is 0.533. The van der Waals surface area contributed by atoms with Crippen LogP contribution < -0.4 is 4.74 Å². The predicted octanol–water partition coefficient (Wildman–Crippen LogP) is 5.34. The zero-order valence-corrected chi connectivity index (χ0v) is 20.1. The van der Waals surface area contributed by atoms with Gasteiger partial charge in [0.2, 0.25) is 0 Å². The van der Waals surface area contributed by atoms with Crippen LogP contribution in [0.25, 0.3) is 0 Å². The molecule has 176 valence electrons.